The summed E-state index contributed by atoms with van der Waals surface area (Å²) in [6.45, 7) is 6.72. The number of benzene rings is 1. The maximum absolute atomic E-state index is 13.8. The first kappa shape index (κ1) is 27.2. The predicted molar refractivity (Wildman–Crippen MR) is 155 cm³/mol. The molecule has 1 unspecified atom stereocenters. The van der Waals surface area contributed by atoms with Gasteiger partial charge in [-0.1, -0.05) is 24.8 Å². The van der Waals surface area contributed by atoms with Crippen molar-refractivity contribution in [2.75, 3.05) is 56.7 Å². The van der Waals surface area contributed by atoms with Crippen LogP contribution in [0.4, 0.5) is 11.5 Å². The van der Waals surface area contributed by atoms with Crippen molar-refractivity contribution < 1.29 is 14.3 Å². The van der Waals surface area contributed by atoms with Crippen LogP contribution in [0.2, 0.25) is 0 Å². The number of nitrogens with zero attached hydrogens (tertiary/aromatic N) is 7. The summed E-state index contributed by atoms with van der Waals surface area (Å²) < 4.78 is 6.26. The highest BCUT2D eigenvalue weighted by atomic mass is 16.5. The third-order valence-corrected chi connectivity index (χ3v) is 9.46. The third kappa shape index (κ3) is 4.62. The number of carbonyl (C=O) groups is 2. The first-order valence-corrected chi connectivity index (χ1v) is 14.5. The maximum atomic E-state index is 13.8. The molecule has 10 nitrogen and oxygen atoms in total. The number of para-hydroxylation sites is 1. The number of ether oxygens (including phenoxy) is 1. The molecule has 4 aliphatic rings. The summed E-state index contributed by atoms with van der Waals surface area (Å²) in [6.07, 6.45) is 5.55. The highest BCUT2D eigenvalue weighted by molar-refractivity contribution is 6.08. The van der Waals surface area contributed by atoms with Crippen LogP contribution < -0.4 is 14.5 Å². The van der Waals surface area contributed by atoms with E-state index in [4.69, 9.17) is 14.7 Å². The Morgan fingerprint density at radius 2 is 2.05 bits per heavy atom. The van der Waals surface area contributed by atoms with Gasteiger partial charge in [-0.25, -0.2) is 0 Å². The first-order valence-electron chi connectivity index (χ1n) is 14.5. The number of hydrogen-bond donors (Lipinski definition) is 0. The van der Waals surface area contributed by atoms with Gasteiger partial charge in [0.1, 0.15) is 12.4 Å². The van der Waals surface area contributed by atoms with Crippen LogP contribution >= 0.6 is 0 Å². The summed E-state index contributed by atoms with van der Waals surface area (Å²) in [5.74, 6) is 0.731. The Labute approximate surface area is 241 Å². The Morgan fingerprint density at radius 3 is 2.80 bits per heavy atom. The lowest BCUT2D eigenvalue weighted by Gasteiger charge is -2.42. The van der Waals surface area contributed by atoms with Gasteiger partial charge in [0.15, 0.2) is 0 Å². The number of likely N-dealkylation sites (N-methyl/N-ethyl adjacent to an activating group) is 2. The number of aromatic nitrogens is 2. The van der Waals surface area contributed by atoms with E-state index in [1.165, 1.54) is 6.08 Å². The molecule has 214 valence electrons. The number of amides is 2. The first-order chi connectivity index (χ1) is 19.9. The Kier molecular flexibility index (Phi) is 7.16. The van der Waals surface area contributed by atoms with Crippen molar-refractivity contribution in [1.29, 1.82) is 5.26 Å². The second-order valence-electron chi connectivity index (χ2n) is 11.7. The van der Waals surface area contributed by atoms with Crippen molar-refractivity contribution in [3.05, 3.63) is 53.7 Å². The number of piperazine rings is 1. The summed E-state index contributed by atoms with van der Waals surface area (Å²) in [5, 5.41) is 9.51. The van der Waals surface area contributed by atoms with Crippen LogP contribution in [0, 0.1) is 11.3 Å². The zero-order valence-corrected chi connectivity index (χ0v) is 23.9. The molecule has 41 heavy (non-hydrogen) atoms. The maximum Gasteiger partial charge on any atom is 0.318 e. The van der Waals surface area contributed by atoms with E-state index < -0.39 is 5.41 Å². The van der Waals surface area contributed by atoms with Gasteiger partial charge in [-0.05, 0) is 57.0 Å². The number of anilines is 2. The molecule has 3 aliphatic heterocycles. The second-order valence-corrected chi connectivity index (χ2v) is 11.7. The molecule has 3 atom stereocenters. The van der Waals surface area contributed by atoms with Crippen LogP contribution in [0.5, 0.6) is 6.01 Å². The zero-order valence-electron chi connectivity index (χ0n) is 23.9. The fourth-order valence-corrected chi connectivity index (χ4v) is 7.16. The summed E-state index contributed by atoms with van der Waals surface area (Å²) in [5.41, 5.74) is 3.22. The molecule has 0 bridgehead atoms. The molecular weight excluding hydrogens is 518 g/mol. The number of likely N-dealkylation sites (tertiary alicyclic amines) is 1. The molecule has 1 aliphatic carbocycles. The van der Waals surface area contributed by atoms with E-state index >= 15 is 0 Å². The van der Waals surface area contributed by atoms with Crippen molar-refractivity contribution in [3.63, 3.8) is 0 Å². The van der Waals surface area contributed by atoms with Gasteiger partial charge in [0, 0.05) is 50.4 Å². The van der Waals surface area contributed by atoms with Crippen LogP contribution in [-0.4, -0.2) is 90.5 Å². The van der Waals surface area contributed by atoms with Crippen LogP contribution in [0.15, 0.2) is 36.9 Å². The highest BCUT2D eigenvalue weighted by Gasteiger charge is 2.52. The predicted octanol–water partition coefficient (Wildman–Crippen LogP) is 2.47. The molecule has 2 saturated heterocycles. The Balaban J connectivity index is 1.37. The minimum atomic E-state index is -0.661. The van der Waals surface area contributed by atoms with Crippen molar-refractivity contribution >= 4 is 23.3 Å². The van der Waals surface area contributed by atoms with Gasteiger partial charge in [0.25, 0.3) is 0 Å². The van der Waals surface area contributed by atoms with E-state index in [-0.39, 0.29) is 24.3 Å². The van der Waals surface area contributed by atoms with Gasteiger partial charge in [-0.2, -0.15) is 15.2 Å². The van der Waals surface area contributed by atoms with Crippen molar-refractivity contribution in [1.82, 2.24) is 19.8 Å². The molecule has 0 N–H and O–H groups in total. The zero-order chi connectivity index (χ0) is 28.7. The topological polar surface area (TPSA) is 106 Å². The molecule has 1 aromatic carbocycles. The fraction of sp³-hybridized carbons (Fsp3) is 0.516. The summed E-state index contributed by atoms with van der Waals surface area (Å²) in [7, 11) is 3.96. The lowest BCUT2D eigenvalue weighted by molar-refractivity contribution is -0.128. The number of rotatable bonds is 6. The molecule has 2 aromatic rings. The van der Waals surface area contributed by atoms with Crippen molar-refractivity contribution in [3.8, 4) is 12.1 Å². The molecule has 1 spiro atoms. The number of nitriles is 1. The molecule has 1 aromatic heterocycles. The molecule has 10 heteroatoms. The molecule has 2 amide bonds. The van der Waals surface area contributed by atoms with E-state index in [9.17, 15) is 14.9 Å². The standard InChI is InChI=1S/C31H37N7O3/c1-4-27(39)38-17-16-37(19-21(38)12-14-32)28-23-11-13-31(24-9-5-6-10-26(24)36(3)29(31)40)18-25(23)33-30(34-28)41-20-22-8-7-15-35(22)2/h4-6,9-10,21-22H,1,7-8,11-13,15-20H2,2-3H3/t21-,22-,31?/m0/s1. The minimum Gasteiger partial charge on any atom is -0.462 e. The number of fused-ring (bicyclic) bond motifs is 3. The normalized spacial score (nSPS) is 25.7. The highest BCUT2D eigenvalue weighted by Crippen LogP contribution is 2.49. The fourth-order valence-electron chi connectivity index (χ4n) is 7.16. The Hall–Kier alpha value is -3.97. The summed E-state index contributed by atoms with van der Waals surface area (Å²) in [6, 6.07) is 10.7. The van der Waals surface area contributed by atoms with Gasteiger partial charge in [-0.3, -0.25) is 9.59 Å². The minimum absolute atomic E-state index is 0.102. The lowest BCUT2D eigenvalue weighted by atomic mass is 9.69. The molecule has 4 heterocycles. The van der Waals surface area contributed by atoms with Gasteiger partial charge in [0.05, 0.1) is 29.6 Å². The molecule has 0 radical (unpaired) electrons. The smallest absolute Gasteiger partial charge is 0.318 e. The van der Waals surface area contributed by atoms with E-state index in [1.807, 2.05) is 25.2 Å². The molecule has 2 fully saturated rings. The largest absolute Gasteiger partial charge is 0.462 e. The van der Waals surface area contributed by atoms with Crippen LogP contribution in [0.3, 0.4) is 0 Å². The monoisotopic (exact) mass is 555 g/mol. The quantitative estimate of drug-likeness (QED) is 0.501. The van der Waals surface area contributed by atoms with Crippen molar-refractivity contribution in [2.45, 2.75) is 56.0 Å². The number of carbonyl (C=O) groups excluding carboxylic acids is 2. The van der Waals surface area contributed by atoms with Gasteiger partial charge >= 0.3 is 6.01 Å². The van der Waals surface area contributed by atoms with E-state index in [0.29, 0.717) is 57.6 Å². The second kappa shape index (κ2) is 10.8. The average molecular weight is 556 g/mol. The number of hydrogen-bond acceptors (Lipinski definition) is 8. The van der Waals surface area contributed by atoms with Crippen LogP contribution in [-0.2, 0) is 27.8 Å². The molecule has 6 rings (SSSR count). The molecular formula is C31H37N7O3. The third-order valence-electron chi connectivity index (χ3n) is 9.46. The van der Waals surface area contributed by atoms with Crippen LogP contribution in [0.1, 0.15) is 42.5 Å². The molecule has 0 saturated carbocycles. The Bertz CT molecular complexity index is 1420. The Morgan fingerprint density at radius 1 is 1.22 bits per heavy atom. The lowest BCUT2D eigenvalue weighted by Crippen LogP contribution is -2.55. The van der Waals surface area contributed by atoms with Gasteiger partial charge in [0.2, 0.25) is 11.8 Å². The van der Waals surface area contributed by atoms with E-state index in [1.54, 1.807) is 9.80 Å². The average Bonchev–Trinajstić information content (AvgIpc) is 3.50. The SMILES string of the molecule is C=CC(=O)N1CCN(c2nc(OC[C@@H]3CCCN3C)nc3c2CCC2(C3)C(=O)N(C)c3ccccc32)C[C@@H]1CC#N. The summed E-state index contributed by atoms with van der Waals surface area (Å²) in [4.78, 5) is 44.1. The van der Waals surface area contributed by atoms with E-state index in [2.05, 4.69) is 35.6 Å². The summed E-state index contributed by atoms with van der Waals surface area (Å²) >= 11 is 0. The van der Waals surface area contributed by atoms with Crippen LogP contribution in [0.25, 0.3) is 0 Å². The van der Waals surface area contributed by atoms with Gasteiger partial charge < -0.3 is 24.3 Å². The van der Waals surface area contributed by atoms with Crippen molar-refractivity contribution in [2.24, 2.45) is 0 Å². The van der Waals surface area contributed by atoms with Gasteiger partial charge in [-0.15, -0.1) is 0 Å². The van der Waals surface area contributed by atoms with E-state index in [0.717, 1.165) is 47.7 Å².